The molecule has 1 aromatic rings. The summed E-state index contributed by atoms with van der Waals surface area (Å²) in [5, 5.41) is 0. The van der Waals surface area contributed by atoms with Gasteiger partial charge >= 0.3 is 0 Å². The van der Waals surface area contributed by atoms with Crippen LogP contribution in [0.3, 0.4) is 0 Å². The van der Waals surface area contributed by atoms with Gasteiger partial charge in [0.25, 0.3) is 0 Å². The zero-order valence-corrected chi connectivity index (χ0v) is 10.4. The molecule has 0 saturated carbocycles. The van der Waals surface area contributed by atoms with Crippen molar-refractivity contribution in [2.75, 3.05) is 27.2 Å². The highest BCUT2D eigenvalue weighted by Gasteiger charge is 2.14. The first-order chi connectivity index (χ1) is 7.72. The predicted molar refractivity (Wildman–Crippen MR) is 67.7 cm³/mol. The van der Waals surface area contributed by atoms with Crippen LogP contribution in [0.5, 0.6) is 5.75 Å². The molecule has 0 spiro atoms. The van der Waals surface area contributed by atoms with Gasteiger partial charge in [-0.25, -0.2) is 0 Å². The van der Waals surface area contributed by atoms with Crippen molar-refractivity contribution >= 4 is 0 Å². The van der Waals surface area contributed by atoms with Crippen molar-refractivity contribution < 1.29 is 4.74 Å². The van der Waals surface area contributed by atoms with E-state index in [9.17, 15) is 0 Å². The fourth-order valence-electron chi connectivity index (χ4n) is 1.91. The topological polar surface area (TPSA) is 38.5 Å². The Balaban J connectivity index is 2.78. The molecule has 1 atom stereocenters. The van der Waals surface area contributed by atoms with Gasteiger partial charge in [-0.05, 0) is 37.7 Å². The molecule has 0 bridgehead atoms. The van der Waals surface area contributed by atoms with Gasteiger partial charge in [0.2, 0.25) is 0 Å². The molecule has 90 valence electrons. The molecule has 0 amide bonds. The third-order valence-electron chi connectivity index (χ3n) is 2.83. The molecule has 0 aliphatic heterocycles. The minimum atomic E-state index is 0.297. The molecule has 0 saturated heterocycles. The van der Waals surface area contributed by atoms with Gasteiger partial charge in [-0.1, -0.05) is 19.1 Å². The first kappa shape index (κ1) is 13.0. The smallest absolute Gasteiger partial charge is 0.118 e. The van der Waals surface area contributed by atoms with Gasteiger partial charge in [-0.3, -0.25) is 4.90 Å². The van der Waals surface area contributed by atoms with E-state index in [-0.39, 0.29) is 0 Å². The maximum atomic E-state index is 5.83. The molecule has 0 radical (unpaired) electrons. The lowest BCUT2D eigenvalue weighted by Crippen LogP contribution is -2.31. The highest BCUT2D eigenvalue weighted by molar-refractivity contribution is 5.29. The summed E-state index contributed by atoms with van der Waals surface area (Å²) in [6.07, 6.45) is 1.14. The summed E-state index contributed by atoms with van der Waals surface area (Å²) in [7, 11) is 3.80. The molecule has 0 aliphatic rings. The minimum absolute atomic E-state index is 0.297. The molecule has 1 aromatic carbocycles. The van der Waals surface area contributed by atoms with Gasteiger partial charge in [0, 0.05) is 12.6 Å². The molecule has 3 heteroatoms. The van der Waals surface area contributed by atoms with Crippen LogP contribution in [0.4, 0.5) is 0 Å². The average molecular weight is 222 g/mol. The molecule has 0 fully saturated rings. The normalized spacial score (nSPS) is 12.8. The van der Waals surface area contributed by atoms with Crippen molar-refractivity contribution in [3.8, 4) is 5.75 Å². The third kappa shape index (κ3) is 3.22. The maximum Gasteiger partial charge on any atom is 0.118 e. The molecule has 0 heterocycles. The standard InChI is InChI=1S/C13H22N2O/c1-4-9-15(2)13(10-14)11-5-7-12(16-3)8-6-11/h5-8,13H,4,9-10,14H2,1-3H3. The molecule has 16 heavy (non-hydrogen) atoms. The Labute approximate surface area is 98.2 Å². The van der Waals surface area contributed by atoms with Gasteiger partial charge in [0.05, 0.1) is 7.11 Å². The molecule has 1 unspecified atom stereocenters. The number of nitrogens with zero attached hydrogens (tertiary/aromatic N) is 1. The summed E-state index contributed by atoms with van der Waals surface area (Å²) in [6, 6.07) is 8.44. The van der Waals surface area contributed by atoms with Gasteiger partial charge in [-0.15, -0.1) is 0 Å². The zero-order chi connectivity index (χ0) is 12.0. The van der Waals surface area contributed by atoms with Crippen LogP contribution in [0.1, 0.15) is 24.9 Å². The number of hydrogen-bond acceptors (Lipinski definition) is 3. The summed E-state index contributed by atoms with van der Waals surface area (Å²) < 4.78 is 5.15. The zero-order valence-electron chi connectivity index (χ0n) is 10.4. The van der Waals surface area contributed by atoms with Crippen molar-refractivity contribution in [1.29, 1.82) is 0 Å². The van der Waals surface area contributed by atoms with Crippen molar-refractivity contribution in [3.63, 3.8) is 0 Å². The fraction of sp³-hybridized carbons (Fsp3) is 0.538. The highest BCUT2D eigenvalue weighted by atomic mass is 16.5. The SMILES string of the molecule is CCCN(C)C(CN)c1ccc(OC)cc1. The second-order valence-electron chi connectivity index (χ2n) is 4.01. The Morgan fingerprint density at radius 3 is 2.38 bits per heavy atom. The highest BCUT2D eigenvalue weighted by Crippen LogP contribution is 2.21. The van der Waals surface area contributed by atoms with Crippen LogP contribution < -0.4 is 10.5 Å². The number of methoxy groups -OCH3 is 1. The quantitative estimate of drug-likeness (QED) is 0.800. The van der Waals surface area contributed by atoms with Crippen LogP contribution >= 0.6 is 0 Å². The van der Waals surface area contributed by atoms with Crippen LogP contribution in [0.2, 0.25) is 0 Å². The van der Waals surface area contributed by atoms with Crippen LogP contribution in [-0.2, 0) is 0 Å². The monoisotopic (exact) mass is 222 g/mol. The first-order valence-electron chi connectivity index (χ1n) is 5.77. The van der Waals surface area contributed by atoms with Gasteiger partial charge in [-0.2, -0.15) is 0 Å². The van der Waals surface area contributed by atoms with Crippen LogP contribution in [0, 0.1) is 0 Å². The summed E-state index contributed by atoms with van der Waals surface area (Å²) in [5.41, 5.74) is 7.08. The van der Waals surface area contributed by atoms with Gasteiger partial charge < -0.3 is 10.5 Å². The molecule has 1 rings (SSSR count). The lowest BCUT2D eigenvalue weighted by molar-refractivity contribution is 0.250. The van der Waals surface area contributed by atoms with Crippen LogP contribution in [0.15, 0.2) is 24.3 Å². The number of benzene rings is 1. The largest absolute Gasteiger partial charge is 0.497 e. The van der Waals surface area contributed by atoms with Gasteiger partial charge in [0.15, 0.2) is 0 Å². The number of likely N-dealkylation sites (N-methyl/N-ethyl adjacent to an activating group) is 1. The lowest BCUT2D eigenvalue weighted by atomic mass is 10.1. The molecular formula is C13H22N2O. The van der Waals surface area contributed by atoms with Crippen molar-refractivity contribution in [3.05, 3.63) is 29.8 Å². The Bertz CT molecular complexity index is 297. The summed E-state index contributed by atoms with van der Waals surface area (Å²) in [4.78, 5) is 2.29. The van der Waals surface area contributed by atoms with E-state index in [1.54, 1.807) is 7.11 Å². The summed E-state index contributed by atoms with van der Waals surface area (Å²) >= 11 is 0. The molecule has 0 aliphatic carbocycles. The van der Waals surface area contributed by atoms with Crippen molar-refractivity contribution in [2.24, 2.45) is 5.73 Å². The van der Waals surface area contributed by atoms with E-state index in [2.05, 4.69) is 31.0 Å². The Morgan fingerprint density at radius 1 is 1.31 bits per heavy atom. The van der Waals surface area contributed by atoms with E-state index in [0.29, 0.717) is 12.6 Å². The fourth-order valence-corrected chi connectivity index (χ4v) is 1.91. The van der Waals surface area contributed by atoms with Gasteiger partial charge in [0.1, 0.15) is 5.75 Å². The van der Waals surface area contributed by atoms with E-state index in [0.717, 1.165) is 18.7 Å². The predicted octanol–water partition coefficient (Wildman–Crippen LogP) is 2.04. The Morgan fingerprint density at radius 2 is 1.94 bits per heavy atom. The van der Waals surface area contributed by atoms with Crippen molar-refractivity contribution in [1.82, 2.24) is 4.90 Å². The lowest BCUT2D eigenvalue weighted by Gasteiger charge is -2.27. The first-order valence-corrected chi connectivity index (χ1v) is 5.77. The third-order valence-corrected chi connectivity index (χ3v) is 2.83. The van der Waals surface area contributed by atoms with E-state index < -0.39 is 0 Å². The maximum absolute atomic E-state index is 5.83. The number of rotatable bonds is 6. The molecule has 3 nitrogen and oxygen atoms in total. The van der Waals surface area contributed by atoms with Crippen LogP contribution in [0.25, 0.3) is 0 Å². The molecular weight excluding hydrogens is 200 g/mol. The van der Waals surface area contributed by atoms with E-state index in [1.165, 1.54) is 5.56 Å². The minimum Gasteiger partial charge on any atom is -0.497 e. The van der Waals surface area contributed by atoms with Crippen molar-refractivity contribution in [2.45, 2.75) is 19.4 Å². The van der Waals surface area contributed by atoms with E-state index in [1.807, 2.05) is 12.1 Å². The molecule has 2 N–H and O–H groups in total. The van der Waals surface area contributed by atoms with E-state index in [4.69, 9.17) is 10.5 Å². The second kappa shape index (κ2) is 6.51. The van der Waals surface area contributed by atoms with E-state index >= 15 is 0 Å². The van der Waals surface area contributed by atoms with Crippen LogP contribution in [-0.4, -0.2) is 32.1 Å². The summed E-state index contributed by atoms with van der Waals surface area (Å²) in [5.74, 6) is 0.887. The Hall–Kier alpha value is -1.06. The number of nitrogens with two attached hydrogens (primary N) is 1. The molecule has 0 aromatic heterocycles. The number of hydrogen-bond donors (Lipinski definition) is 1. The second-order valence-corrected chi connectivity index (χ2v) is 4.01. The summed E-state index contributed by atoms with van der Waals surface area (Å²) in [6.45, 7) is 3.88. The Kier molecular flexibility index (Phi) is 5.29. The number of ether oxygens (including phenoxy) is 1. The average Bonchev–Trinajstić information content (AvgIpc) is 2.31.